The highest BCUT2D eigenvalue weighted by Gasteiger charge is 2.50. The average molecular weight is 198 g/mol. The fraction of sp³-hybridized carbons (Fsp3) is 1.00. The second-order valence-corrected chi connectivity index (χ2v) is 5.66. The molecule has 1 saturated heterocycles. The van der Waals surface area contributed by atoms with Gasteiger partial charge in [-0.15, -0.1) is 0 Å². The van der Waals surface area contributed by atoms with E-state index in [1.165, 1.54) is 0 Å². The fourth-order valence-corrected chi connectivity index (χ4v) is 1.55. The van der Waals surface area contributed by atoms with Crippen molar-refractivity contribution < 1.29 is 9.31 Å². The van der Waals surface area contributed by atoms with Crippen LogP contribution >= 0.6 is 0 Å². The average Bonchev–Trinajstić information content (AvgIpc) is 2.17. The van der Waals surface area contributed by atoms with Crippen LogP contribution in [0.4, 0.5) is 0 Å². The molecule has 0 unspecified atom stereocenters. The molecule has 0 aromatic heterocycles. The minimum absolute atomic E-state index is 0.0117. The quantitative estimate of drug-likeness (QED) is 0.648. The van der Waals surface area contributed by atoms with E-state index in [4.69, 9.17) is 9.31 Å². The van der Waals surface area contributed by atoms with E-state index in [1.54, 1.807) is 0 Å². The van der Waals surface area contributed by atoms with Crippen molar-refractivity contribution in [2.45, 2.75) is 65.5 Å². The van der Waals surface area contributed by atoms with Crippen molar-refractivity contribution in [3.8, 4) is 0 Å². The number of hydrogen-bond donors (Lipinski definition) is 0. The Labute approximate surface area is 88.5 Å². The van der Waals surface area contributed by atoms with Crippen molar-refractivity contribution in [3.05, 3.63) is 0 Å². The summed E-state index contributed by atoms with van der Waals surface area (Å²) in [6.07, 6.45) is 2.17. The van der Waals surface area contributed by atoms with E-state index in [0.29, 0.717) is 5.92 Å². The van der Waals surface area contributed by atoms with Gasteiger partial charge in [-0.2, -0.15) is 0 Å². The summed E-state index contributed by atoms with van der Waals surface area (Å²) in [6, 6.07) is 0. The molecule has 1 heterocycles. The van der Waals surface area contributed by atoms with Gasteiger partial charge >= 0.3 is 7.12 Å². The molecule has 0 bridgehead atoms. The molecule has 0 amide bonds. The normalized spacial score (nSPS) is 24.6. The van der Waals surface area contributed by atoms with Crippen molar-refractivity contribution in [1.82, 2.24) is 0 Å². The monoisotopic (exact) mass is 198 g/mol. The largest absolute Gasteiger partial charge is 0.457 e. The van der Waals surface area contributed by atoms with Gasteiger partial charge in [0.1, 0.15) is 0 Å². The molecule has 0 radical (unpaired) electrons. The van der Waals surface area contributed by atoms with Crippen LogP contribution in [-0.2, 0) is 9.31 Å². The smallest absolute Gasteiger partial charge is 0.403 e. The Morgan fingerprint density at radius 3 is 1.79 bits per heavy atom. The zero-order valence-electron chi connectivity index (χ0n) is 10.4. The van der Waals surface area contributed by atoms with E-state index in [9.17, 15) is 0 Å². The summed E-state index contributed by atoms with van der Waals surface area (Å²) in [5.74, 6) is 0.717. The summed E-state index contributed by atoms with van der Waals surface area (Å²) >= 11 is 0. The fourth-order valence-electron chi connectivity index (χ4n) is 1.55. The summed E-state index contributed by atoms with van der Waals surface area (Å²) in [7, 11) is -0.0117. The highest BCUT2D eigenvalue weighted by molar-refractivity contribution is 6.45. The van der Waals surface area contributed by atoms with Crippen LogP contribution < -0.4 is 0 Å². The Morgan fingerprint density at radius 1 is 1.00 bits per heavy atom. The van der Waals surface area contributed by atoms with Gasteiger partial charge in [-0.1, -0.05) is 20.3 Å². The minimum atomic E-state index is -0.172. The van der Waals surface area contributed by atoms with Crippen LogP contribution in [0, 0.1) is 5.92 Å². The zero-order valence-corrected chi connectivity index (χ0v) is 10.4. The molecule has 1 aliphatic heterocycles. The summed E-state index contributed by atoms with van der Waals surface area (Å²) in [5, 5.41) is 0. The summed E-state index contributed by atoms with van der Waals surface area (Å²) in [4.78, 5) is 0. The lowest BCUT2D eigenvalue weighted by atomic mass is 9.80. The van der Waals surface area contributed by atoms with Crippen LogP contribution in [-0.4, -0.2) is 18.3 Å². The molecule has 3 heteroatoms. The van der Waals surface area contributed by atoms with E-state index >= 15 is 0 Å². The maximum Gasteiger partial charge on any atom is 0.457 e. The first-order valence-electron chi connectivity index (χ1n) is 5.60. The van der Waals surface area contributed by atoms with Gasteiger partial charge in [0.25, 0.3) is 0 Å². The molecule has 0 atom stereocenters. The molecule has 0 saturated carbocycles. The lowest BCUT2D eigenvalue weighted by molar-refractivity contribution is 0.00578. The maximum atomic E-state index is 5.89. The van der Waals surface area contributed by atoms with Crippen LogP contribution in [0.2, 0.25) is 6.32 Å². The first-order chi connectivity index (χ1) is 6.24. The van der Waals surface area contributed by atoms with Crippen LogP contribution in [0.15, 0.2) is 0 Å². The molecule has 1 rings (SSSR count). The second-order valence-electron chi connectivity index (χ2n) is 5.66. The Morgan fingerprint density at radius 2 is 1.43 bits per heavy atom. The van der Waals surface area contributed by atoms with Crippen molar-refractivity contribution in [3.63, 3.8) is 0 Å². The van der Waals surface area contributed by atoms with Crippen molar-refractivity contribution >= 4 is 7.12 Å². The highest BCUT2D eigenvalue weighted by atomic mass is 16.7. The van der Waals surface area contributed by atoms with Crippen LogP contribution in [0.1, 0.15) is 48.0 Å². The van der Waals surface area contributed by atoms with E-state index in [-0.39, 0.29) is 18.3 Å². The second kappa shape index (κ2) is 3.86. The number of rotatable bonds is 3. The molecule has 0 aromatic carbocycles. The SMILES string of the molecule is CC(C)CCB1OC(C)(C)C(C)(C)O1. The van der Waals surface area contributed by atoms with E-state index in [0.717, 1.165) is 12.7 Å². The lowest BCUT2D eigenvalue weighted by Crippen LogP contribution is -2.41. The maximum absolute atomic E-state index is 5.89. The van der Waals surface area contributed by atoms with Gasteiger partial charge in [0.2, 0.25) is 0 Å². The Balaban J connectivity index is 2.47. The third-order valence-corrected chi connectivity index (χ3v) is 3.28. The minimum Gasteiger partial charge on any atom is -0.403 e. The standard InChI is InChI=1S/C11H23BO2/c1-9(2)7-8-12-13-10(3,4)11(5,6)14-12/h9H,7-8H2,1-6H3. The van der Waals surface area contributed by atoms with Gasteiger partial charge in [-0.25, -0.2) is 0 Å². The molecular formula is C11H23BO2. The molecule has 82 valence electrons. The Kier molecular flexibility index (Phi) is 3.32. The van der Waals surface area contributed by atoms with Crippen LogP contribution in [0.3, 0.4) is 0 Å². The summed E-state index contributed by atoms with van der Waals surface area (Å²) in [5.41, 5.74) is -0.344. The topological polar surface area (TPSA) is 18.5 Å². The molecule has 0 aromatic rings. The van der Waals surface area contributed by atoms with Crippen molar-refractivity contribution in [1.29, 1.82) is 0 Å². The van der Waals surface area contributed by atoms with Gasteiger partial charge in [-0.3, -0.25) is 0 Å². The van der Waals surface area contributed by atoms with E-state index in [2.05, 4.69) is 41.5 Å². The van der Waals surface area contributed by atoms with Crippen LogP contribution in [0.5, 0.6) is 0 Å². The highest BCUT2D eigenvalue weighted by Crippen LogP contribution is 2.38. The van der Waals surface area contributed by atoms with Gasteiger partial charge in [0.15, 0.2) is 0 Å². The molecule has 0 aliphatic carbocycles. The molecule has 2 nitrogen and oxygen atoms in total. The molecule has 14 heavy (non-hydrogen) atoms. The molecule has 0 N–H and O–H groups in total. The van der Waals surface area contributed by atoms with E-state index < -0.39 is 0 Å². The molecule has 1 fully saturated rings. The third-order valence-electron chi connectivity index (χ3n) is 3.28. The van der Waals surface area contributed by atoms with Gasteiger partial charge in [-0.05, 0) is 39.9 Å². The Hall–Kier alpha value is -0.0151. The third kappa shape index (κ3) is 2.51. The summed E-state index contributed by atoms with van der Waals surface area (Å²) in [6.45, 7) is 12.9. The predicted octanol–water partition coefficient (Wildman–Crippen LogP) is 3.12. The lowest BCUT2D eigenvalue weighted by Gasteiger charge is -2.32. The van der Waals surface area contributed by atoms with Crippen molar-refractivity contribution in [2.24, 2.45) is 5.92 Å². The first kappa shape index (κ1) is 12.1. The zero-order chi connectivity index (χ0) is 11.0. The summed E-state index contributed by atoms with van der Waals surface area (Å²) < 4.78 is 11.8. The number of hydrogen-bond acceptors (Lipinski definition) is 2. The first-order valence-corrected chi connectivity index (χ1v) is 5.60. The molecule has 0 spiro atoms. The van der Waals surface area contributed by atoms with Gasteiger partial charge in [0, 0.05) is 0 Å². The Bertz CT molecular complexity index is 183. The molecule has 1 aliphatic rings. The van der Waals surface area contributed by atoms with Gasteiger partial charge < -0.3 is 9.31 Å². The van der Waals surface area contributed by atoms with Gasteiger partial charge in [0.05, 0.1) is 11.2 Å². The molecular weight excluding hydrogens is 175 g/mol. The van der Waals surface area contributed by atoms with Crippen molar-refractivity contribution in [2.75, 3.05) is 0 Å². The van der Waals surface area contributed by atoms with E-state index in [1.807, 2.05) is 0 Å². The predicted molar refractivity (Wildman–Crippen MR) is 60.3 cm³/mol. The van der Waals surface area contributed by atoms with Crippen LogP contribution in [0.25, 0.3) is 0 Å².